The highest BCUT2D eigenvalue weighted by Gasteiger charge is 2.32. The summed E-state index contributed by atoms with van der Waals surface area (Å²) in [5.74, 6) is 2.91. The summed E-state index contributed by atoms with van der Waals surface area (Å²) in [7, 11) is 6.48. The van der Waals surface area contributed by atoms with Gasteiger partial charge in [0.25, 0.3) is 0 Å². The Hall–Kier alpha value is -2.89. The number of amides is 1. The van der Waals surface area contributed by atoms with Gasteiger partial charge in [-0.1, -0.05) is 6.07 Å². The Balaban J connectivity index is 1.82. The minimum atomic E-state index is -0.00222. The molecule has 2 aromatic rings. The average Bonchev–Trinajstić information content (AvgIpc) is 3.23. The number of rotatable bonds is 7. The quantitative estimate of drug-likeness (QED) is 0.729. The zero-order valence-electron chi connectivity index (χ0n) is 16.9. The zero-order valence-corrected chi connectivity index (χ0v) is 16.9. The summed E-state index contributed by atoms with van der Waals surface area (Å²) in [6.45, 7) is 0.733. The molecular weight excluding hydrogens is 358 g/mol. The summed E-state index contributed by atoms with van der Waals surface area (Å²) in [6.07, 6.45) is 2.15. The van der Waals surface area contributed by atoms with Gasteiger partial charge >= 0.3 is 0 Å². The summed E-state index contributed by atoms with van der Waals surface area (Å²) in [4.78, 5) is 15.1. The highest BCUT2D eigenvalue weighted by molar-refractivity contribution is 5.80. The van der Waals surface area contributed by atoms with Gasteiger partial charge in [0.05, 0.1) is 40.9 Å². The average molecular weight is 385 g/mol. The number of carbonyl (C=O) groups is 1. The molecule has 1 amide bonds. The molecule has 3 rings (SSSR count). The molecule has 0 aliphatic carbocycles. The van der Waals surface area contributed by atoms with Gasteiger partial charge in [-0.15, -0.1) is 0 Å². The van der Waals surface area contributed by atoms with Crippen LogP contribution in [0.5, 0.6) is 23.0 Å². The monoisotopic (exact) mass is 385 g/mol. The number of hydrogen-bond acceptors (Lipinski definition) is 5. The normalized spacial score (nSPS) is 16.0. The molecule has 0 aromatic heterocycles. The number of ether oxygens (including phenoxy) is 4. The Morgan fingerprint density at radius 3 is 2.21 bits per heavy atom. The van der Waals surface area contributed by atoms with Crippen molar-refractivity contribution in [1.82, 2.24) is 4.90 Å². The van der Waals surface area contributed by atoms with E-state index in [-0.39, 0.29) is 18.4 Å². The second-order valence-electron chi connectivity index (χ2n) is 6.71. The molecule has 1 unspecified atom stereocenters. The molecule has 0 radical (unpaired) electrons. The van der Waals surface area contributed by atoms with Crippen molar-refractivity contribution in [3.8, 4) is 23.0 Å². The fourth-order valence-corrected chi connectivity index (χ4v) is 3.74. The standard InChI is InChI=1S/C22H27NO5/c1-25-16-8-7-15(20(13-16)27-3)12-22(24)23-11-5-6-19(23)18-10-9-17(26-2)14-21(18)28-4/h7-10,13-14,19H,5-6,11-12H2,1-4H3. The maximum Gasteiger partial charge on any atom is 0.227 e. The van der Waals surface area contributed by atoms with Crippen LogP contribution in [0.4, 0.5) is 0 Å². The molecule has 1 atom stereocenters. The number of carbonyl (C=O) groups excluding carboxylic acids is 1. The van der Waals surface area contributed by atoms with Crippen LogP contribution >= 0.6 is 0 Å². The number of hydrogen-bond donors (Lipinski definition) is 0. The van der Waals surface area contributed by atoms with Crippen LogP contribution in [-0.4, -0.2) is 45.8 Å². The first-order valence-electron chi connectivity index (χ1n) is 9.33. The first-order valence-corrected chi connectivity index (χ1v) is 9.33. The van der Waals surface area contributed by atoms with E-state index in [2.05, 4.69) is 0 Å². The molecule has 6 nitrogen and oxygen atoms in total. The van der Waals surface area contributed by atoms with Gasteiger partial charge in [0, 0.05) is 29.8 Å². The van der Waals surface area contributed by atoms with Crippen molar-refractivity contribution < 1.29 is 23.7 Å². The van der Waals surface area contributed by atoms with Crippen LogP contribution in [0.25, 0.3) is 0 Å². The predicted octanol–water partition coefficient (Wildman–Crippen LogP) is 3.63. The molecule has 0 spiro atoms. The molecule has 1 aliphatic rings. The van der Waals surface area contributed by atoms with Gasteiger partial charge in [-0.05, 0) is 31.0 Å². The maximum absolute atomic E-state index is 13.1. The molecule has 6 heteroatoms. The lowest BCUT2D eigenvalue weighted by Gasteiger charge is -2.27. The van der Waals surface area contributed by atoms with E-state index < -0.39 is 0 Å². The van der Waals surface area contributed by atoms with Gasteiger partial charge in [0.2, 0.25) is 5.91 Å². The van der Waals surface area contributed by atoms with Crippen LogP contribution in [0.15, 0.2) is 36.4 Å². The highest BCUT2D eigenvalue weighted by atomic mass is 16.5. The van der Waals surface area contributed by atoms with Crippen LogP contribution in [0, 0.1) is 0 Å². The molecule has 0 N–H and O–H groups in total. The summed E-state index contributed by atoms with van der Waals surface area (Å²) in [5, 5.41) is 0. The van der Waals surface area contributed by atoms with Crippen LogP contribution in [0.3, 0.4) is 0 Å². The van der Waals surface area contributed by atoms with Crippen molar-refractivity contribution in [2.24, 2.45) is 0 Å². The lowest BCUT2D eigenvalue weighted by atomic mass is 10.0. The third-order valence-electron chi connectivity index (χ3n) is 5.21. The van der Waals surface area contributed by atoms with E-state index in [1.54, 1.807) is 34.5 Å². The van der Waals surface area contributed by atoms with Crippen LogP contribution < -0.4 is 18.9 Å². The fraction of sp³-hybridized carbons (Fsp3) is 0.409. The summed E-state index contributed by atoms with van der Waals surface area (Å²) < 4.78 is 21.5. The molecule has 0 bridgehead atoms. The van der Waals surface area contributed by atoms with Crippen molar-refractivity contribution in [3.05, 3.63) is 47.5 Å². The molecular formula is C22H27NO5. The number of methoxy groups -OCH3 is 4. The van der Waals surface area contributed by atoms with Gasteiger partial charge in [-0.3, -0.25) is 4.79 Å². The number of likely N-dealkylation sites (tertiary alicyclic amines) is 1. The third-order valence-corrected chi connectivity index (χ3v) is 5.21. The highest BCUT2D eigenvalue weighted by Crippen LogP contribution is 2.39. The van der Waals surface area contributed by atoms with E-state index in [1.807, 2.05) is 35.2 Å². The minimum absolute atomic E-state index is 0.00222. The molecule has 1 saturated heterocycles. The maximum atomic E-state index is 13.1. The second kappa shape index (κ2) is 8.87. The Morgan fingerprint density at radius 2 is 1.57 bits per heavy atom. The van der Waals surface area contributed by atoms with Crippen LogP contribution in [0.2, 0.25) is 0 Å². The van der Waals surface area contributed by atoms with Gasteiger partial charge in [0.1, 0.15) is 23.0 Å². The Morgan fingerprint density at radius 1 is 0.929 bits per heavy atom. The van der Waals surface area contributed by atoms with Crippen molar-refractivity contribution in [1.29, 1.82) is 0 Å². The van der Waals surface area contributed by atoms with Crippen molar-refractivity contribution >= 4 is 5.91 Å². The SMILES string of the molecule is COc1ccc(CC(=O)N2CCCC2c2ccc(OC)cc2OC)c(OC)c1. The summed E-state index contributed by atoms with van der Waals surface area (Å²) >= 11 is 0. The van der Waals surface area contributed by atoms with E-state index >= 15 is 0 Å². The zero-order chi connectivity index (χ0) is 20.1. The van der Waals surface area contributed by atoms with E-state index in [0.29, 0.717) is 11.5 Å². The number of nitrogens with zero attached hydrogens (tertiary/aromatic N) is 1. The molecule has 1 fully saturated rings. The van der Waals surface area contributed by atoms with Gasteiger partial charge in [0.15, 0.2) is 0 Å². The van der Waals surface area contributed by atoms with Crippen LogP contribution in [0.1, 0.15) is 30.0 Å². The third kappa shape index (κ3) is 4.01. The van der Waals surface area contributed by atoms with Gasteiger partial charge in [-0.25, -0.2) is 0 Å². The first-order chi connectivity index (χ1) is 13.6. The minimum Gasteiger partial charge on any atom is -0.497 e. The van der Waals surface area contributed by atoms with Crippen molar-refractivity contribution in [3.63, 3.8) is 0 Å². The Bertz CT molecular complexity index is 836. The second-order valence-corrected chi connectivity index (χ2v) is 6.71. The fourth-order valence-electron chi connectivity index (χ4n) is 3.74. The van der Waals surface area contributed by atoms with Crippen LogP contribution in [-0.2, 0) is 11.2 Å². The van der Waals surface area contributed by atoms with Gasteiger partial charge in [-0.2, -0.15) is 0 Å². The topological polar surface area (TPSA) is 57.2 Å². The molecule has 28 heavy (non-hydrogen) atoms. The molecule has 1 heterocycles. The van der Waals surface area contributed by atoms with E-state index in [9.17, 15) is 4.79 Å². The van der Waals surface area contributed by atoms with E-state index in [4.69, 9.17) is 18.9 Å². The lowest BCUT2D eigenvalue weighted by molar-refractivity contribution is -0.131. The summed E-state index contributed by atoms with van der Waals surface area (Å²) in [5.41, 5.74) is 1.86. The molecule has 0 saturated carbocycles. The summed E-state index contributed by atoms with van der Waals surface area (Å²) in [6, 6.07) is 11.3. The molecule has 2 aromatic carbocycles. The Kier molecular flexibility index (Phi) is 6.29. The van der Waals surface area contributed by atoms with E-state index in [1.165, 1.54) is 0 Å². The lowest BCUT2D eigenvalue weighted by Crippen LogP contribution is -2.32. The van der Waals surface area contributed by atoms with E-state index in [0.717, 1.165) is 42.0 Å². The molecule has 150 valence electrons. The Labute approximate surface area is 166 Å². The van der Waals surface area contributed by atoms with Gasteiger partial charge < -0.3 is 23.8 Å². The largest absolute Gasteiger partial charge is 0.497 e. The predicted molar refractivity (Wildman–Crippen MR) is 106 cm³/mol. The first kappa shape index (κ1) is 19.9. The number of benzene rings is 2. The molecule has 1 aliphatic heterocycles. The van der Waals surface area contributed by atoms with Crippen molar-refractivity contribution in [2.45, 2.75) is 25.3 Å². The smallest absolute Gasteiger partial charge is 0.227 e. The van der Waals surface area contributed by atoms with Crippen molar-refractivity contribution in [2.75, 3.05) is 35.0 Å².